The van der Waals surface area contributed by atoms with Crippen LogP contribution >= 0.6 is 23.2 Å². The number of fused-ring (bicyclic) bond motifs is 1. The van der Waals surface area contributed by atoms with Gasteiger partial charge in [0.1, 0.15) is 12.2 Å². The van der Waals surface area contributed by atoms with Gasteiger partial charge in [-0.2, -0.15) is 5.26 Å². The number of nitrogens with zero attached hydrogens (tertiary/aromatic N) is 3. The van der Waals surface area contributed by atoms with E-state index in [1.54, 1.807) is 37.4 Å². The first-order valence-corrected chi connectivity index (χ1v) is 10.9. The normalized spacial score (nSPS) is 14.1. The van der Waals surface area contributed by atoms with E-state index in [0.717, 1.165) is 0 Å². The van der Waals surface area contributed by atoms with Crippen LogP contribution < -0.4 is 14.8 Å². The molecule has 1 fully saturated rings. The Morgan fingerprint density at radius 1 is 1.21 bits per heavy atom. The molecule has 4 rings (SSSR count). The summed E-state index contributed by atoms with van der Waals surface area (Å²) >= 11 is 12.2. The number of hydrogen-bond donors (Lipinski definition) is 2. The number of anilines is 2. The summed E-state index contributed by atoms with van der Waals surface area (Å²) in [6.07, 6.45) is 1.54. The molecule has 0 aliphatic carbocycles. The number of nitrogens with one attached hydrogen (secondary N) is 1. The number of carboxylic acid groups (broad SMARTS) is 1. The number of benzene rings is 2. The zero-order chi connectivity index (χ0) is 23.5. The molecule has 0 unspecified atom stereocenters. The summed E-state index contributed by atoms with van der Waals surface area (Å²) < 4.78 is 11.7. The zero-order valence-corrected chi connectivity index (χ0v) is 19.2. The predicted molar refractivity (Wildman–Crippen MR) is 126 cm³/mol. The third-order valence-electron chi connectivity index (χ3n) is 5.47. The molecule has 1 aromatic heterocycles. The molecule has 2 aromatic carbocycles. The quantitative estimate of drug-likeness (QED) is 0.476. The number of amides is 1. The molecule has 0 bridgehead atoms. The van der Waals surface area contributed by atoms with Crippen molar-refractivity contribution in [1.82, 2.24) is 9.88 Å². The van der Waals surface area contributed by atoms with Crippen LogP contribution in [0, 0.1) is 11.3 Å². The fourth-order valence-corrected chi connectivity index (χ4v) is 4.03. The molecule has 0 spiro atoms. The zero-order valence-electron chi connectivity index (χ0n) is 17.6. The summed E-state index contributed by atoms with van der Waals surface area (Å²) in [5.74, 6) is 0.994. The Kier molecular flexibility index (Phi) is 6.63. The van der Waals surface area contributed by atoms with Gasteiger partial charge in [-0.1, -0.05) is 23.2 Å². The van der Waals surface area contributed by atoms with Gasteiger partial charge < -0.3 is 24.8 Å². The predicted octanol–water partition coefficient (Wildman–Crippen LogP) is 5.69. The van der Waals surface area contributed by atoms with Crippen molar-refractivity contribution in [3.63, 3.8) is 0 Å². The van der Waals surface area contributed by atoms with Crippen molar-refractivity contribution in [3.05, 3.63) is 52.1 Å². The third kappa shape index (κ3) is 4.85. The summed E-state index contributed by atoms with van der Waals surface area (Å²) in [6, 6.07) is 10.8. The smallest absolute Gasteiger partial charge is 0.407 e. The Morgan fingerprint density at radius 2 is 1.97 bits per heavy atom. The van der Waals surface area contributed by atoms with E-state index in [9.17, 15) is 10.1 Å². The molecule has 8 nitrogen and oxygen atoms in total. The van der Waals surface area contributed by atoms with E-state index in [4.69, 9.17) is 37.8 Å². The molecule has 2 heterocycles. The average Bonchev–Trinajstić information content (AvgIpc) is 2.81. The van der Waals surface area contributed by atoms with Gasteiger partial charge in [-0.05, 0) is 24.3 Å². The molecule has 170 valence electrons. The molecule has 3 aromatic rings. The molecule has 1 aliphatic heterocycles. The maximum atomic E-state index is 11.2. The van der Waals surface area contributed by atoms with Gasteiger partial charge in [0.15, 0.2) is 11.5 Å². The molecule has 0 atom stereocenters. The minimum absolute atomic E-state index is 0.162. The van der Waals surface area contributed by atoms with E-state index in [2.05, 4.69) is 16.4 Å². The molecular weight excluding hydrogens is 467 g/mol. The van der Waals surface area contributed by atoms with Crippen LogP contribution in [-0.4, -0.2) is 47.4 Å². The van der Waals surface area contributed by atoms with Crippen LogP contribution in [0.2, 0.25) is 10.0 Å². The van der Waals surface area contributed by atoms with Crippen molar-refractivity contribution in [3.8, 4) is 17.6 Å². The largest absolute Gasteiger partial charge is 0.493 e. The Hall–Kier alpha value is -3.41. The Balaban J connectivity index is 1.71. The minimum Gasteiger partial charge on any atom is -0.493 e. The maximum Gasteiger partial charge on any atom is 0.407 e. The third-order valence-corrected chi connectivity index (χ3v) is 6.21. The van der Waals surface area contributed by atoms with Crippen LogP contribution in [0.25, 0.3) is 10.9 Å². The summed E-state index contributed by atoms with van der Waals surface area (Å²) in [5.41, 5.74) is 2.17. The number of aromatic nitrogens is 1. The van der Waals surface area contributed by atoms with Crippen LogP contribution in [0.1, 0.15) is 18.4 Å². The van der Waals surface area contributed by atoms with Crippen molar-refractivity contribution in [1.29, 1.82) is 5.26 Å². The van der Waals surface area contributed by atoms with Gasteiger partial charge in [0.25, 0.3) is 0 Å². The molecule has 2 N–H and O–H groups in total. The van der Waals surface area contributed by atoms with E-state index in [1.165, 1.54) is 11.1 Å². The van der Waals surface area contributed by atoms with Gasteiger partial charge in [0.2, 0.25) is 0 Å². The number of carbonyl (C=O) groups is 1. The summed E-state index contributed by atoms with van der Waals surface area (Å²) in [7, 11) is 1.54. The van der Waals surface area contributed by atoms with Crippen LogP contribution in [0.3, 0.4) is 0 Å². The molecule has 1 amide bonds. The lowest BCUT2D eigenvalue weighted by Crippen LogP contribution is -2.41. The molecule has 1 aliphatic rings. The summed E-state index contributed by atoms with van der Waals surface area (Å²) in [4.78, 5) is 16.9. The van der Waals surface area contributed by atoms with Crippen molar-refractivity contribution < 1.29 is 19.4 Å². The van der Waals surface area contributed by atoms with Crippen molar-refractivity contribution in [2.75, 3.05) is 25.5 Å². The fourth-order valence-electron chi connectivity index (χ4n) is 3.73. The number of nitriles is 1. The highest BCUT2D eigenvalue weighted by Crippen LogP contribution is 2.38. The second-order valence-corrected chi connectivity index (χ2v) is 8.33. The standard InChI is InChI=1S/C23H20Cl2N4O4/c1-32-20-10-19-16(9-21(20)33-15-4-6-29(7-5-15)23(30)31)22(13(11-26)12-27-19)28-14-2-3-17(24)18(25)8-14/h2-3,8-10,12,15H,4-7H2,1H3,(H,27,28)(H,30,31). The van der Waals surface area contributed by atoms with Crippen LogP contribution in [0.5, 0.6) is 11.5 Å². The van der Waals surface area contributed by atoms with Gasteiger partial charge in [-0.25, -0.2) is 4.79 Å². The fraction of sp³-hybridized carbons (Fsp3) is 0.261. The van der Waals surface area contributed by atoms with Crippen LogP contribution in [0.4, 0.5) is 16.2 Å². The first kappa shape index (κ1) is 22.8. The molecule has 0 saturated carbocycles. The number of rotatable bonds is 5. The number of piperidine rings is 1. The number of ether oxygens (including phenoxy) is 2. The lowest BCUT2D eigenvalue weighted by molar-refractivity contribution is 0.0879. The monoisotopic (exact) mass is 486 g/mol. The van der Waals surface area contributed by atoms with Crippen molar-refractivity contribution >= 4 is 51.6 Å². The summed E-state index contributed by atoms with van der Waals surface area (Å²) in [6.45, 7) is 0.806. The van der Waals surface area contributed by atoms with E-state index in [0.29, 0.717) is 75.3 Å². The summed E-state index contributed by atoms with van der Waals surface area (Å²) in [5, 5.41) is 23.6. The van der Waals surface area contributed by atoms with Crippen LogP contribution in [-0.2, 0) is 0 Å². The number of hydrogen-bond acceptors (Lipinski definition) is 6. The van der Waals surface area contributed by atoms with Gasteiger partial charge >= 0.3 is 6.09 Å². The van der Waals surface area contributed by atoms with Gasteiger partial charge in [0, 0.05) is 49.3 Å². The van der Waals surface area contributed by atoms with E-state index in [1.807, 2.05) is 0 Å². The first-order valence-electron chi connectivity index (χ1n) is 10.2. The average molecular weight is 487 g/mol. The highest BCUT2D eigenvalue weighted by Gasteiger charge is 2.25. The highest BCUT2D eigenvalue weighted by molar-refractivity contribution is 6.42. The second kappa shape index (κ2) is 9.61. The second-order valence-electron chi connectivity index (χ2n) is 7.52. The number of halogens is 2. The Bertz CT molecular complexity index is 1250. The minimum atomic E-state index is -0.926. The maximum absolute atomic E-state index is 11.2. The first-order chi connectivity index (χ1) is 15.9. The molecule has 33 heavy (non-hydrogen) atoms. The molecule has 10 heteroatoms. The Labute approximate surface area is 200 Å². The van der Waals surface area contributed by atoms with Crippen molar-refractivity contribution in [2.45, 2.75) is 18.9 Å². The van der Waals surface area contributed by atoms with Gasteiger partial charge in [-0.15, -0.1) is 0 Å². The highest BCUT2D eigenvalue weighted by atomic mass is 35.5. The lowest BCUT2D eigenvalue weighted by Gasteiger charge is -2.30. The molecular formula is C23H20Cl2N4O4. The number of methoxy groups -OCH3 is 1. The van der Waals surface area contributed by atoms with Gasteiger partial charge in [-0.3, -0.25) is 4.98 Å². The van der Waals surface area contributed by atoms with E-state index >= 15 is 0 Å². The SMILES string of the molecule is COc1cc2ncc(C#N)c(Nc3ccc(Cl)c(Cl)c3)c2cc1OC1CCN(C(=O)O)CC1. The van der Waals surface area contributed by atoms with E-state index in [-0.39, 0.29) is 6.10 Å². The van der Waals surface area contributed by atoms with E-state index < -0.39 is 6.09 Å². The number of pyridine rings is 1. The number of likely N-dealkylation sites (tertiary alicyclic amines) is 1. The van der Waals surface area contributed by atoms with Crippen molar-refractivity contribution in [2.24, 2.45) is 0 Å². The molecule has 0 radical (unpaired) electrons. The van der Waals surface area contributed by atoms with Crippen LogP contribution in [0.15, 0.2) is 36.5 Å². The topological polar surface area (TPSA) is 108 Å². The van der Waals surface area contributed by atoms with Gasteiger partial charge in [0.05, 0.1) is 33.9 Å². The Morgan fingerprint density at radius 3 is 2.61 bits per heavy atom. The molecule has 1 saturated heterocycles. The lowest BCUT2D eigenvalue weighted by atomic mass is 10.1.